The summed E-state index contributed by atoms with van der Waals surface area (Å²) in [5.41, 5.74) is 0. The molecule has 0 saturated heterocycles. The summed E-state index contributed by atoms with van der Waals surface area (Å²) in [6, 6.07) is 0. The normalized spacial score (nSPS) is 26.3. The summed E-state index contributed by atoms with van der Waals surface area (Å²) in [5, 5.41) is 0. The molecule has 0 fully saturated rings. The average Bonchev–Trinajstić information content (AvgIpc) is 1.31. The van der Waals surface area contributed by atoms with Crippen molar-refractivity contribution in [3.8, 4) is 0 Å². The van der Waals surface area contributed by atoms with Crippen molar-refractivity contribution in [2.75, 3.05) is 0 Å². The van der Waals surface area contributed by atoms with Gasteiger partial charge in [-0.3, -0.25) is 0 Å². The number of carbonyl (C=O) groups is 1. The van der Waals surface area contributed by atoms with Crippen LogP contribution in [0.4, 0.5) is 0 Å². The van der Waals surface area contributed by atoms with Gasteiger partial charge in [0.25, 0.3) is 0 Å². The summed E-state index contributed by atoms with van der Waals surface area (Å²) in [6.45, 7) is 0. The number of rotatable bonds is 1. The van der Waals surface area contributed by atoms with Gasteiger partial charge in [-0.2, -0.15) is 0 Å². The molecular weight excluding hydrogens is 265 g/mol. The molecule has 1 unspecified atom stereocenters. The summed E-state index contributed by atoms with van der Waals surface area (Å²) >= 11 is -0.625. The van der Waals surface area contributed by atoms with E-state index in [-0.39, 0.29) is 0 Å². The van der Waals surface area contributed by atoms with E-state index in [1.807, 2.05) is 6.08 Å². The molecule has 0 aromatic carbocycles. The Labute approximate surface area is 48.9 Å². The first-order valence-corrected chi connectivity index (χ1v) is 8.40. The van der Waals surface area contributed by atoms with E-state index in [1.165, 1.54) is 0 Å². The Morgan fingerprint density at radius 1 is 1.83 bits per heavy atom. The van der Waals surface area contributed by atoms with Gasteiger partial charge in [0.2, 0.25) is 0 Å². The van der Waals surface area contributed by atoms with Crippen molar-refractivity contribution < 1.29 is 29.4 Å². The predicted molar refractivity (Wildman–Crippen MR) is 19.0 cm³/mol. The molecule has 0 amide bonds. The van der Waals surface area contributed by atoms with Crippen LogP contribution in [-0.2, 0) is 29.4 Å². The SMILES string of the molecule is O=C[CH]1C=[CH][Hg]1. The second-order valence-corrected chi connectivity index (χ2v) is 8.79. The summed E-state index contributed by atoms with van der Waals surface area (Å²) in [6.07, 6.45) is 3.08. The Morgan fingerprint density at radius 2 is 2.50 bits per heavy atom. The first-order valence-electron chi connectivity index (χ1n) is 2.05. The Bertz CT molecular complexity index is 87.5. The number of hydrogen-bond acceptors (Lipinski definition) is 1. The Balaban J connectivity index is 2.39. The first kappa shape index (κ1) is 4.50. The zero-order valence-corrected chi connectivity index (χ0v) is 8.92. The van der Waals surface area contributed by atoms with Crippen LogP contribution in [-0.4, -0.2) is 6.29 Å². The van der Waals surface area contributed by atoms with E-state index in [1.54, 1.807) is 0 Å². The van der Waals surface area contributed by atoms with Crippen LogP contribution >= 0.6 is 0 Å². The van der Waals surface area contributed by atoms with Crippen molar-refractivity contribution in [1.82, 2.24) is 0 Å². The number of hydrogen-bond donors (Lipinski definition) is 0. The number of allylic oxidation sites excluding steroid dienone is 1. The maximum absolute atomic E-state index is 9.79. The van der Waals surface area contributed by atoms with E-state index in [9.17, 15) is 4.79 Å². The Morgan fingerprint density at radius 3 is 2.50 bits per heavy atom. The zero-order valence-electron chi connectivity index (χ0n) is 3.42. The van der Waals surface area contributed by atoms with Gasteiger partial charge in [0.15, 0.2) is 0 Å². The molecule has 1 aliphatic rings. The average molecular weight is 269 g/mol. The molecule has 0 bridgehead atoms. The van der Waals surface area contributed by atoms with Crippen molar-refractivity contribution in [2.24, 2.45) is 0 Å². The molecule has 0 aliphatic carbocycles. The van der Waals surface area contributed by atoms with Crippen LogP contribution < -0.4 is 0 Å². The van der Waals surface area contributed by atoms with Gasteiger partial charge in [0.1, 0.15) is 0 Å². The monoisotopic (exact) mass is 270 g/mol. The molecule has 0 saturated carbocycles. The van der Waals surface area contributed by atoms with Crippen molar-refractivity contribution in [3.05, 3.63) is 9.66 Å². The fourth-order valence-electron chi connectivity index (χ4n) is 0.394. The van der Waals surface area contributed by atoms with Crippen LogP contribution in [0.15, 0.2) is 9.66 Å². The molecule has 0 radical (unpaired) electrons. The van der Waals surface area contributed by atoms with Crippen LogP contribution in [0.1, 0.15) is 0 Å². The van der Waals surface area contributed by atoms with Gasteiger partial charge in [-0.25, -0.2) is 0 Å². The summed E-state index contributed by atoms with van der Waals surface area (Å²) in [5.74, 6) is 0. The van der Waals surface area contributed by atoms with Crippen LogP contribution in [0.5, 0.6) is 0 Å². The second kappa shape index (κ2) is 1.87. The van der Waals surface area contributed by atoms with E-state index in [4.69, 9.17) is 0 Å². The van der Waals surface area contributed by atoms with E-state index in [2.05, 4.69) is 3.58 Å². The fourth-order valence-corrected chi connectivity index (χ4v) is 3.11. The maximum atomic E-state index is 9.79. The molecule has 0 N–H and O–H groups in total. The molecule has 2 heteroatoms. The Hall–Kier alpha value is 0.345. The summed E-state index contributed by atoms with van der Waals surface area (Å²) in [4.78, 5) is 9.79. The topological polar surface area (TPSA) is 17.1 Å². The summed E-state index contributed by atoms with van der Waals surface area (Å²) in [7, 11) is 0. The molecule has 1 rings (SSSR count). The molecule has 1 atom stereocenters. The standard InChI is InChI=1S/C4H4O.Hg/c1-2-3-4-5;/h1-4H;. The molecule has 28 valence electrons. The third kappa shape index (κ3) is 0.698. The molecule has 1 heterocycles. The van der Waals surface area contributed by atoms with Crippen molar-refractivity contribution >= 4 is 6.29 Å². The van der Waals surface area contributed by atoms with E-state index in [0.717, 1.165) is 6.29 Å². The van der Waals surface area contributed by atoms with Crippen molar-refractivity contribution in [1.29, 1.82) is 0 Å². The van der Waals surface area contributed by atoms with Gasteiger partial charge in [-0.05, 0) is 0 Å². The minimum atomic E-state index is -0.625. The van der Waals surface area contributed by atoms with E-state index >= 15 is 0 Å². The summed E-state index contributed by atoms with van der Waals surface area (Å²) < 4.78 is 2.70. The molecule has 0 spiro atoms. The van der Waals surface area contributed by atoms with E-state index < -0.39 is 24.6 Å². The number of aldehydes is 1. The molecule has 1 nitrogen and oxygen atoms in total. The van der Waals surface area contributed by atoms with Crippen molar-refractivity contribution in [3.63, 3.8) is 0 Å². The van der Waals surface area contributed by atoms with Gasteiger partial charge < -0.3 is 0 Å². The molecule has 6 heavy (non-hydrogen) atoms. The third-order valence-electron chi connectivity index (χ3n) is 0.966. The first-order chi connectivity index (χ1) is 2.93. The second-order valence-electron chi connectivity index (χ2n) is 1.46. The van der Waals surface area contributed by atoms with Crippen LogP contribution in [0.3, 0.4) is 0 Å². The number of carbonyl (C=O) groups excluding carboxylic acids is 1. The van der Waals surface area contributed by atoms with Crippen LogP contribution in [0.25, 0.3) is 0 Å². The molecule has 1 aliphatic heterocycles. The van der Waals surface area contributed by atoms with Gasteiger partial charge in [0.05, 0.1) is 0 Å². The quantitative estimate of drug-likeness (QED) is 0.502. The Kier molecular flexibility index (Phi) is 1.40. The molecule has 0 aromatic rings. The third-order valence-corrected chi connectivity index (χ3v) is 7.00. The molecular formula is C4H4HgO. The van der Waals surface area contributed by atoms with Gasteiger partial charge in [-0.1, -0.05) is 0 Å². The van der Waals surface area contributed by atoms with Crippen LogP contribution in [0, 0.1) is 0 Å². The van der Waals surface area contributed by atoms with E-state index in [0.29, 0.717) is 3.43 Å². The van der Waals surface area contributed by atoms with Crippen LogP contribution in [0.2, 0.25) is 3.43 Å². The minimum absolute atomic E-state index is 0.477. The fraction of sp³-hybridized carbons (Fsp3) is 0.250. The van der Waals surface area contributed by atoms with Gasteiger partial charge in [0, 0.05) is 0 Å². The molecule has 0 aromatic heterocycles. The van der Waals surface area contributed by atoms with Crippen molar-refractivity contribution in [2.45, 2.75) is 3.43 Å². The predicted octanol–water partition coefficient (Wildman–Crippen LogP) is 0.584. The zero-order chi connectivity index (χ0) is 4.41. The van der Waals surface area contributed by atoms with Gasteiger partial charge >= 0.3 is 48.7 Å². The van der Waals surface area contributed by atoms with Gasteiger partial charge in [-0.15, -0.1) is 0 Å².